The van der Waals surface area contributed by atoms with E-state index in [0.717, 1.165) is 90.1 Å². The van der Waals surface area contributed by atoms with Crippen molar-refractivity contribution in [1.82, 2.24) is 39.9 Å². The molecule has 8 aromatic heterocycles. The van der Waals surface area contributed by atoms with Crippen LogP contribution in [-0.4, -0.2) is 39.9 Å². The number of aromatic nitrogens is 8. The maximum absolute atomic E-state index is 4.55. The third-order valence-electron chi connectivity index (χ3n) is 19.1. The molecule has 636 valence electrons. The van der Waals surface area contributed by atoms with Gasteiger partial charge >= 0.3 is 0 Å². The topological polar surface area (TPSA) is 103 Å². The third-order valence-corrected chi connectivity index (χ3v) is 19.1. The van der Waals surface area contributed by atoms with Gasteiger partial charge in [-0.15, -0.1) is 280 Å². The Morgan fingerprint density at radius 2 is 0.453 bits per heavy atom. The van der Waals surface area contributed by atoms with Gasteiger partial charge in [0.05, 0.1) is 0 Å². The summed E-state index contributed by atoms with van der Waals surface area (Å²) in [5.74, 6) is 0. The van der Waals surface area contributed by atoms with Gasteiger partial charge in [-0.3, -0.25) is 0 Å². The normalized spacial score (nSPS) is 9.78. The predicted molar refractivity (Wildman–Crippen MR) is 509 cm³/mol. The second-order valence-electron chi connectivity index (χ2n) is 28.2. The molecule has 0 amide bonds. The Balaban J connectivity index is 0.000000167. The summed E-state index contributed by atoms with van der Waals surface area (Å²) in [6.45, 7) is 8.31. The molecule has 0 fully saturated rings. The summed E-state index contributed by atoms with van der Waals surface area (Å²) in [4.78, 5) is 34.7. The molecule has 0 aliphatic heterocycles. The molecule has 0 unspecified atom stereocenters. The van der Waals surface area contributed by atoms with E-state index in [1.807, 2.05) is 316 Å². The van der Waals surface area contributed by atoms with Crippen LogP contribution in [0.25, 0.3) is 135 Å². The van der Waals surface area contributed by atoms with Gasteiger partial charge in [0.15, 0.2) is 0 Å². The molecule has 12 aromatic carbocycles. The van der Waals surface area contributed by atoms with E-state index in [1.54, 1.807) is 24.8 Å². The Bertz CT molecular complexity index is 5980. The smallest absolute Gasteiger partial charge is 0.0242 e. The SMILES string of the molecule is Cc1c[c-]c(-c2cc(-c3ccccc3)ccn2)cc1.Cc1c[c-]c(-c2cc(C)ccn2)cc1.Cc1cc(-c2[c-]cccc2)ncc1-c1ccccc1.[Ir].[Ir].[Ir].[Ir].[c-]1cc(-c2ccccc2)ccc1-c1cc(-c2ccccc2)ccn1.[c-]1ccccc1-c1ccccn1.[c-]1ccccc1-c1ccccn1.[c-]1ccccc1-c1ccccn1.[c-]1ccccc1-c1ccccn1. The fourth-order valence-corrected chi connectivity index (χ4v) is 12.7. The van der Waals surface area contributed by atoms with E-state index in [9.17, 15) is 0 Å². The number of benzene rings is 12. The quantitative estimate of drug-likeness (QED) is 0.111. The molecule has 0 saturated carbocycles. The van der Waals surface area contributed by atoms with Crippen molar-refractivity contribution in [3.8, 4) is 135 Å². The number of hydrogen-bond acceptors (Lipinski definition) is 8. The zero-order valence-electron chi connectivity index (χ0n) is 70.8. The summed E-state index contributed by atoms with van der Waals surface area (Å²) in [5, 5.41) is 0. The first kappa shape index (κ1) is 98.2. The van der Waals surface area contributed by atoms with Gasteiger partial charge in [-0.25, -0.2) is 0 Å². The predicted octanol–water partition coefficient (Wildman–Crippen LogP) is 28.3. The van der Waals surface area contributed by atoms with Gasteiger partial charge in [0.25, 0.3) is 0 Å². The Hall–Kier alpha value is -13.6. The Kier molecular flexibility index (Phi) is 41.7. The second kappa shape index (κ2) is 54.4. The largest absolute Gasteiger partial charge is 0.305 e. The van der Waals surface area contributed by atoms with Crippen molar-refractivity contribution in [3.63, 3.8) is 0 Å². The summed E-state index contributed by atoms with van der Waals surface area (Å²) in [6, 6.07) is 163. The minimum Gasteiger partial charge on any atom is -0.305 e. The number of hydrogen-bond donors (Lipinski definition) is 0. The molecule has 0 N–H and O–H groups in total. The molecule has 0 atom stereocenters. The Morgan fingerprint density at radius 3 is 0.750 bits per heavy atom. The van der Waals surface area contributed by atoms with Gasteiger partial charge in [0.2, 0.25) is 0 Å². The molecule has 12 heteroatoms. The molecule has 8 heterocycles. The van der Waals surface area contributed by atoms with E-state index in [2.05, 4.69) is 237 Å². The van der Waals surface area contributed by atoms with Crippen molar-refractivity contribution in [2.24, 2.45) is 0 Å². The summed E-state index contributed by atoms with van der Waals surface area (Å²) < 4.78 is 0. The molecular weight excluding hydrogens is 2270 g/mol. The zero-order valence-corrected chi connectivity index (χ0v) is 80.4. The van der Waals surface area contributed by atoms with Gasteiger partial charge in [-0.1, -0.05) is 225 Å². The van der Waals surface area contributed by atoms with Crippen molar-refractivity contribution in [3.05, 3.63) is 533 Å². The molecule has 4 radical (unpaired) electrons. The van der Waals surface area contributed by atoms with E-state index >= 15 is 0 Å². The number of pyridine rings is 8. The van der Waals surface area contributed by atoms with Crippen LogP contribution in [0.3, 0.4) is 0 Å². The molecular formula is C116H88Ir4N8-8. The van der Waals surface area contributed by atoms with Crippen molar-refractivity contribution < 1.29 is 80.4 Å². The molecule has 128 heavy (non-hydrogen) atoms. The fourth-order valence-electron chi connectivity index (χ4n) is 12.7. The first-order chi connectivity index (χ1) is 61.2. The number of aryl methyl sites for hydroxylation is 4. The number of nitrogens with zero attached hydrogens (tertiary/aromatic N) is 8. The Labute approximate surface area is 808 Å². The van der Waals surface area contributed by atoms with Crippen LogP contribution in [0.15, 0.2) is 462 Å². The van der Waals surface area contributed by atoms with Gasteiger partial charge in [-0.2, -0.15) is 0 Å². The molecule has 0 aliphatic rings. The molecule has 0 bridgehead atoms. The van der Waals surface area contributed by atoms with Crippen LogP contribution < -0.4 is 0 Å². The van der Waals surface area contributed by atoms with E-state index in [1.165, 1.54) is 66.8 Å². The molecule has 20 aromatic rings. The summed E-state index contributed by atoms with van der Waals surface area (Å²) in [6.07, 6.45) is 14.6. The summed E-state index contributed by atoms with van der Waals surface area (Å²) in [7, 11) is 0. The average Bonchev–Trinajstić information content (AvgIpc) is 0.822. The van der Waals surface area contributed by atoms with E-state index < -0.39 is 0 Å². The van der Waals surface area contributed by atoms with Gasteiger partial charge in [0, 0.05) is 136 Å². The molecule has 0 saturated heterocycles. The Morgan fingerprint density at radius 1 is 0.172 bits per heavy atom. The minimum atomic E-state index is 0. The molecule has 8 nitrogen and oxygen atoms in total. The summed E-state index contributed by atoms with van der Waals surface area (Å²) in [5.41, 5.74) is 30.4. The van der Waals surface area contributed by atoms with E-state index in [4.69, 9.17) is 0 Å². The first-order valence-corrected chi connectivity index (χ1v) is 40.7. The van der Waals surface area contributed by atoms with Crippen LogP contribution in [0, 0.1) is 76.2 Å². The van der Waals surface area contributed by atoms with Crippen LogP contribution in [0.1, 0.15) is 22.3 Å². The third kappa shape index (κ3) is 31.2. The minimum absolute atomic E-state index is 0. The van der Waals surface area contributed by atoms with Gasteiger partial charge in [0.1, 0.15) is 0 Å². The molecule has 0 aliphatic carbocycles. The first-order valence-electron chi connectivity index (χ1n) is 40.7. The van der Waals surface area contributed by atoms with Crippen LogP contribution >= 0.6 is 0 Å². The zero-order chi connectivity index (χ0) is 85.2. The second-order valence-corrected chi connectivity index (χ2v) is 28.2. The van der Waals surface area contributed by atoms with Crippen molar-refractivity contribution >= 4 is 0 Å². The maximum atomic E-state index is 4.55. The fraction of sp³-hybridized carbons (Fsp3) is 0.0345. The van der Waals surface area contributed by atoms with E-state index in [-0.39, 0.29) is 80.4 Å². The van der Waals surface area contributed by atoms with Crippen LogP contribution in [0.4, 0.5) is 0 Å². The van der Waals surface area contributed by atoms with E-state index in [0.29, 0.717) is 0 Å². The standard InChI is InChI=1S/C23H16N.2C18H14N.C13H12N.4C11H8N.4Ir/c1-3-7-18(8-4-1)20-11-13-21(14-12-20)23-17-22(15-16-24-23)19-9-5-2-6-10-19;1-14-12-18(16-10-6-3-7-11-16)19-13-17(14)15-8-4-2-5-9-15;1-14-7-9-16(10-8-14)18-13-17(11-12-19-18)15-5-3-2-4-6-15;1-10-3-5-12(6-4-10)13-9-11(2)7-8-14-13;4*1-2-6-10(7-3-1)11-8-4-5-9-12-11;;;;/h1-13,15-17H;2-10,12-13H,1H3;2-9,11-13H,1H3;3-5,7-9H,1-2H3;4*1-6,8-9H;;;;/q8*-1;;;;. The van der Waals surface area contributed by atoms with Crippen molar-refractivity contribution in [1.29, 1.82) is 0 Å². The van der Waals surface area contributed by atoms with Crippen LogP contribution in [-0.2, 0) is 80.4 Å². The number of rotatable bonds is 12. The van der Waals surface area contributed by atoms with Gasteiger partial charge < -0.3 is 39.9 Å². The summed E-state index contributed by atoms with van der Waals surface area (Å²) >= 11 is 0. The average molecular weight is 2360 g/mol. The van der Waals surface area contributed by atoms with Crippen LogP contribution in [0.2, 0.25) is 0 Å². The van der Waals surface area contributed by atoms with Crippen molar-refractivity contribution in [2.45, 2.75) is 27.7 Å². The van der Waals surface area contributed by atoms with Crippen molar-refractivity contribution in [2.75, 3.05) is 0 Å². The molecule has 0 spiro atoms. The maximum Gasteiger partial charge on any atom is 0.0242 e. The van der Waals surface area contributed by atoms with Gasteiger partial charge in [-0.05, 0) is 135 Å². The molecule has 20 rings (SSSR count). The monoisotopic (exact) mass is 2360 g/mol. The van der Waals surface area contributed by atoms with Crippen LogP contribution in [0.5, 0.6) is 0 Å².